The molecule has 0 saturated carbocycles. The second kappa shape index (κ2) is 12.4. The van der Waals surface area contributed by atoms with Crippen molar-refractivity contribution < 1.29 is 8.83 Å². The molecule has 1 atom stereocenters. The number of hydrogen-bond donors (Lipinski definition) is 1. The molecule has 57 heavy (non-hydrogen) atoms. The van der Waals surface area contributed by atoms with Crippen LogP contribution in [0, 0.1) is 0 Å². The number of para-hydroxylation sites is 4. The third-order valence-electron chi connectivity index (χ3n) is 11.3. The minimum Gasteiger partial charge on any atom is -0.455 e. The van der Waals surface area contributed by atoms with E-state index >= 15 is 0 Å². The average Bonchev–Trinajstić information content (AvgIpc) is 3.97. The highest BCUT2D eigenvalue weighted by Crippen LogP contribution is 2.44. The van der Waals surface area contributed by atoms with Crippen LogP contribution in [-0.2, 0) is 0 Å². The normalized spacial score (nSPS) is 14.5. The average molecular weight is 733 g/mol. The van der Waals surface area contributed by atoms with Gasteiger partial charge in [0.15, 0.2) is 5.84 Å². The third-order valence-corrected chi connectivity index (χ3v) is 11.3. The van der Waals surface area contributed by atoms with Crippen LogP contribution in [0.1, 0.15) is 22.9 Å². The summed E-state index contributed by atoms with van der Waals surface area (Å²) in [5, 5.41) is 10.2. The summed E-state index contributed by atoms with van der Waals surface area (Å²) in [7, 11) is 0. The molecule has 6 nitrogen and oxygen atoms in total. The van der Waals surface area contributed by atoms with Crippen LogP contribution in [-0.4, -0.2) is 16.2 Å². The SMILES string of the molecule is c1ccc(C2=NC(c3cccc4c3oc3cccc(-c5cccc6c5oc5cccc(-n7c8ccccc8c8ccccc87)c56)c34)=NC(c3ccccc3)N2)cc1. The molecule has 1 N–H and O–H groups in total. The van der Waals surface area contributed by atoms with Crippen molar-refractivity contribution in [1.82, 2.24) is 9.88 Å². The van der Waals surface area contributed by atoms with Gasteiger partial charge in [0, 0.05) is 38.1 Å². The Labute approximate surface area is 326 Å². The largest absolute Gasteiger partial charge is 0.455 e. The molecule has 0 radical (unpaired) electrons. The minimum atomic E-state index is -0.317. The van der Waals surface area contributed by atoms with Crippen molar-refractivity contribution in [2.75, 3.05) is 0 Å². The third kappa shape index (κ3) is 4.84. The molecule has 8 aromatic carbocycles. The smallest absolute Gasteiger partial charge is 0.163 e. The molecular weight excluding hydrogens is 701 g/mol. The highest BCUT2D eigenvalue weighted by atomic mass is 16.3. The molecule has 12 rings (SSSR count). The van der Waals surface area contributed by atoms with Crippen LogP contribution in [0.25, 0.3) is 82.5 Å². The molecule has 11 aromatic rings. The Hall–Kier alpha value is -7.70. The highest BCUT2D eigenvalue weighted by molar-refractivity contribution is 6.23. The first-order valence-corrected chi connectivity index (χ1v) is 19.2. The van der Waals surface area contributed by atoms with E-state index in [1.165, 1.54) is 10.8 Å². The second-order valence-corrected chi connectivity index (χ2v) is 14.5. The number of nitrogens with zero attached hydrogens (tertiary/aromatic N) is 3. The number of nitrogens with one attached hydrogen (secondary N) is 1. The minimum absolute atomic E-state index is 0.317. The van der Waals surface area contributed by atoms with Crippen LogP contribution < -0.4 is 5.32 Å². The molecule has 6 heteroatoms. The molecule has 1 aliphatic rings. The molecule has 0 saturated heterocycles. The summed E-state index contributed by atoms with van der Waals surface area (Å²) in [6.45, 7) is 0. The fraction of sp³-hybridized carbons (Fsp3) is 0.0196. The number of fused-ring (bicyclic) bond motifs is 9. The van der Waals surface area contributed by atoms with Crippen molar-refractivity contribution in [2.24, 2.45) is 9.98 Å². The molecule has 3 aromatic heterocycles. The van der Waals surface area contributed by atoms with Crippen LogP contribution in [0.4, 0.5) is 0 Å². The van der Waals surface area contributed by atoms with E-state index in [9.17, 15) is 0 Å². The topological polar surface area (TPSA) is 68.0 Å². The fourth-order valence-corrected chi connectivity index (χ4v) is 8.78. The number of aromatic nitrogens is 1. The lowest BCUT2D eigenvalue weighted by molar-refractivity contribution is 0.663. The lowest BCUT2D eigenvalue weighted by Gasteiger charge is -2.23. The number of hydrogen-bond acceptors (Lipinski definition) is 5. The van der Waals surface area contributed by atoms with Crippen molar-refractivity contribution in [1.29, 1.82) is 0 Å². The van der Waals surface area contributed by atoms with Gasteiger partial charge in [0.25, 0.3) is 0 Å². The summed E-state index contributed by atoms with van der Waals surface area (Å²) in [5.74, 6) is 1.38. The Morgan fingerprint density at radius 2 is 1.00 bits per heavy atom. The van der Waals surface area contributed by atoms with Crippen LogP contribution in [0.5, 0.6) is 0 Å². The molecular formula is C51H32N4O2. The van der Waals surface area contributed by atoms with Crippen LogP contribution in [0.3, 0.4) is 0 Å². The number of benzene rings is 8. The van der Waals surface area contributed by atoms with Gasteiger partial charge in [-0.05, 0) is 47.5 Å². The summed E-state index contributed by atoms with van der Waals surface area (Å²) in [5.41, 5.74) is 11.5. The molecule has 268 valence electrons. The van der Waals surface area contributed by atoms with Crippen LogP contribution in [0.15, 0.2) is 201 Å². The van der Waals surface area contributed by atoms with Gasteiger partial charge in [-0.3, -0.25) is 0 Å². The maximum atomic E-state index is 6.88. The van der Waals surface area contributed by atoms with Gasteiger partial charge >= 0.3 is 0 Å². The Balaban J connectivity index is 1.06. The standard InChI is InChI=1S/C51H32N4O2/c1-3-15-31(16-4-1)49-52-50(32-17-5-2-6-18-32)54-51(53-49)39-25-12-23-37-45-35(21-13-29-43(45)56-48(37)39)36-22-11-24-38-46-42(28-14-30-44(46)57-47(36)38)55-40-26-9-7-19-33(40)34-20-8-10-27-41(34)55/h1-30,49H,(H,52,53,54). The Kier molecular flexibility index (Phi) is 6.89. The first-order chi connectivity index (χ1) is 28.3. The van der Waals surface area contributed by atoms with Crippen molar-refractivity contribution >= 4 is 77.4 Å². The molecule has 4 heterocycles. The van der Waals surface area contributed by atoms with Crippen molar-refractivity contribution in [3.63, 3.8) is 0 Å². The molecule has 0 amide bonds. The molecule has 0 spiro atoms. The van der Waals surface area contributed by atoms with Gasteiger partial charge in [0.2, 0.25) is 0 Å². The van der Waals surface area contributed by atoms with E-state index in [2.05, 4.69) is 149 Å². The van der Waals surface area contributed by atoms with E-state index in [-0.39, 0.29) is 6.17 Å². The van der Waals surface area contributed by atoms with E-state index in [1.807, 2.05) is 42.5 Å². The number of aliphatic imine (C=N–C) groups is 2. The van der Waals surface area contributed by atoms with E-state index in [0.717, 1.165) is 94.3 Å². The van der Waals surface area contributed by atoms with Gasteiger partial charge in [-0.25, -0.2) is 9.98 Å². The lowest BCUT2D eigenvalue weighted by Crippen LogP contribution is -2.33. The zero-order chi connectivity index (χ0) is 37.5. The van der Waals surface area contributed by atoms with Gasteiger partial charge in [-0.2, -0.15) is 0 Å². The summed E-state index contributed by atoms with van der Waals surface area (Å²) < 4.78 is 16.0. The Morgan fingerprint density at radius 1 is 0.456 bits per heavy atom. The number of furan rings is 2. The van der Waals surface area contributed by atoms with E-state index < -0.39 is 0 Å². The van der Waals surface area contributed by atoms with Gasteiger partial charge in [0.05, 0.1) is 27.7 Å². The first-order valence-electron chi connectivity index (χ1n) is 19.2. The van der Waals surface area contributed by atoms with Gasteiger partial charge < -0.3 is 18.7 Å². The van der Waals surface area contributed by atoms with E-state index in [0.29, 0.717) is 5.84 Å². The zero-order valence-electron chi connectivity index (χ0n) is 30.6. The van der Waals surface area contributed by atoms with Crippen LogP contribution in [0.2, 0.25) is 0 Å². The van der Waals surface area contributed by atoms with E-state index in [4.69, 9.17) is 18.8 Å². The predicted octanol–water partition coefficient (Wildman–Crippen LogP) is 12.7. The zero-order valence-corrected chi connectivity index (χ0v) is 30.6. The predicted molar refractivity (Wildman–Crippen MR) is 233 cm³/mol. The maximum absolute atomic E-state index is 6.88. The molecule has 0 aliphatic carbocycles. The van der Waals surface area contributed by atoms with Crippen molar-refractivity contribution in [3.05, 3.63) is 199 Å². The molecule has 0 bridgehead atoms. The van der Waals surface area contributed by atoms with Gasteiger partial charge in [-0.15, -0.1) is 0 Å². The van der Waals surface area contributed by atoms with Gasteiger partial charge in [0.1, 0.15) is 34.3 Å². The summed E-state index contributed by atoms with van der Waals surface area (Å²) >= 11 is 0. The quantitative estimate of drug-likeness (QED) is 0.192. The Bertz CT molecular complexity index is 3390. The lowest BCUT2D eigenvalue weighted by atomic mass is 9.96. The number of amidine groups is 2. The van der Waals surface area contributed by atoms with Crippen LogP contribution >= 0.6 is 0 Å². The molecule has 1 aliphatic heterocycles. The molecule has 0 fully saturated rings. The van der Waals surface area contributed by atoms with Gasteiger partial charge in [-0.1, -0.05) is 146 Å². The maximum Gasteiger partial charge on any atom is 0.163 e. The Morgan fingerprint density at radius 3 is 1.74 bits per heavy atom. The first kappa shape index (κ1) is 31.6. The number of rotatable bonds is 5. The van der Waals surface area contributed by atoms with E-state index in [1.54, 1.807) is 0 Å². The second-order valence-electron chi connectivity index (χ2n) is 14.5. The summed E-state index contributed by atoms with van der Waals surface area (Å²) in [6.07, 6.45) is -0.317. The highest BCUT2D eigenvalue weighted by Gasteiger charge is 2.25. The van der Waals surface area contributed by atoms with Crippen molar-refractivity contribution in [3.8, 4) is 16.8 Å². The van der Waals surface area contributed by atoms with Crippen molar-refractivity contribution in [2.45, 2.75) is 6.17 Å². The molecule has 1 unspecified atom stereocenters. The fourth-order valence-electron chi connectivity index (χ4n) is 8.78. The summed E-state index contributed by atoms with van der Waals surface area (Å²) in [4.78, 5) is 10.3. The monoisotopic (exact) mass is 732 g/mol. The summed E-state index contributed by atoms with van der Waals surface area (Å²) in [6, 6.07) is 63.1.